The fourth-order valence-electron chi connectivity index (χ4n) is 0.988. The van der Waals surface area contributed by atoms with Crippen LogP contribution in [0.15, 0.2) is 0 Å². The van der Waals surface area contributed by atoms with Gasteiger partial charge in [0.1, 0.15) is 6.54 Å². The van der Waals surface area contributed by atoms with Crippen molar-refractivity contribution in [3.63, 3.8) is 0 Å². The van der Waals surface area contributed by atoms with E-state index in [1.165, 1.54) is 0 Å². The summed E-state index contributed by atoms with van der Waals surface area (Å²) < 4.78 is 28.6. The summed E-state index contributed by atoms with van der Waals surface area (Å²) in [7, 11) is -4.43. The lowest BCUT2D eigenvalue weighted by molar-refractivity contribution is -0.142. The molecule has 1 amide bonds. The molecule has 88 valence electrons. The van der Waals surface area contributed by atoms with Gasteiger partial charge in [0.05, 0.1) is 5.75 Å². The number of hydrogen-bond donors (Lipinski definition) is 2. The molecule has 0 spiro atoms. The molecule has 1 heterocycles. The molecule has 1 aliphatic heterocycles. The standard InChI is InChI=1S/C5H7NO6S2.ClH/c7-3-2-13-5(14(10,11)12)6(3)1-4(8)9;/h5H,1-2H2,(H,8,9)(H,10,11,12);1H. The molecule has 2 N–H and O–H groups in total. The van der Waals surface area contributed by atoms with Gasteiger partial charge >= 0.3 is 5.97 Å². The van der Waals surface area contributed by atoms with Gasteiger partial charge in [-0.25, -0.2) is 0 Å². The Morgan fingerprint density at radius 2 is 2.13 bits per heavy atom. The third-order valence-electron chi connectivity index (χ3n) is 1.48. The SMILES string of the molecule is Cl.O=C(O)CN1C(=O)CSC1S(=O)(=O)O. The van der Waals surface area contributed by atoms with Gasteiger partial charge in [-0.2, -0.15) is 8.42 Å². The van der Waals surface area contributed by atoms with Crippen molar-refractivity contribution in [1.82, 2.24) is 4.90 Å². The van der Waals surface area contributed by atoms with Gasteiger partial charge in [0.15, 0.2) is 0 Å². The number of nitrogens with zero attached hydrogens (tertiary/aromatic N) is 1. The van der Waals surface area contributed by atoms with Gasteiger partial charge in [-0.3, -0.25) is 14.1 Å². The van der Waals surface area contributed by atoms with Crippen molar-refractivity contribution in [2.75, 3.05) is 12.3 Å². The Bertz CT molecular complexity index is 368. The Hall–Kier alpha value is -0.510. The van der Waals surface area contributed by atoms with Crippen LogP contribution in [-0.4, -0.2) is 51.9 Å². The molecule has 0 aromatic carbocycles. The van der Waals surface area contributed by atoms with Crippen molar-refractivity contribution < 1.29 is 27.7 Å². The smallest absolute Gasteiger partial charge is 0.323 e. The van der Waals surface area contributed by atoms with E-state index in [4.69, 9.17) is 9.66 Å². The number of carbonyl (C=O) groups excluding carboxylic acids is 1. The number of aliphatic carboxylic acids is 1. The van der Waals surface area contributed by atoms with Crippen LogP contribution >= 0.6 is 24.2 Å². The summed E-state index contributed by atoms with van der Waals surface area (Å²) in [5, 5.41) is 8.40. The molecule has 1 fully saturated rings. The molecular weight excluding hydrogens is 270 g/mol. The summed E-state index contributed by atoms with van der Waals surface area (Å²) >= 11 is 0.683. The van der Waals surface area contributed by atoms with Crippen molar-refractivity contribution in [2.45, 2.75) is 4.71 Å². The Kier molecular flexibility index (Phi) is 4.84. The Morgan fingerprint density at radius 1 is 1.60 bits per heavy atom. The predicted molar refractivity (Wildman–Crippen MR) is 54.4 cm³/mol. The van der Waals surface area contributed by atoms with E-state index in [0.717, 1.165) is 0 Å². The van der Waals surface area contributed by atoms with Gasteiger partial charge in [0.2, 0.25) is 10.6 Å². The van der Waals surface area contributed by atoms with Crippen molar-refractivity contribution in [2.24, 2.45) is 0 Å². The van der Waals surface area contributed by atoms with Crippen LogP contribution in [-0.2, 0) is 19.7 Å². The molecule has 1 atom stereocenters. The number of carboxylic acid groups (broad SMARTS) is 1. The van der Waals surface area contributed by atoms with E-state index in [9.17, 15) is 18.0 Å². The second-order valence-electron chi connectivity index (χ2n) is 2.55. The molecule has 7 nitrogen and oxygen atoms in total. The molecule has 0 aromatic heterocycles. The van der Waals surface area contributed by atoms with Crippen LogP contribution in [0.2, 0.25) is 0 Å². The lowest BCUT2D eigenvalue weighted by Gasteiger charge is -2.18. The molecule has 1 rings (SSSR count). The van der Waals surface area contributed by atoms with Gasteiger partial charge in [-0.05, 0) is 0 Å². The van der Waals surface area contributed by atoms with E-state index in [-0.39, 0.29) is 18.2 Å². The summed E-state index contributed by atoms with van der Waals surface area (Å²) in [6.45, 7) is -0.726. The van der Waals surface area contributed by atoms with Crippen molar-refractivity contribution in [3.05, 3.63) is 0 Å². The van der Waals surface area contributed by atoms with Gasteiger partial charge < -0.3 is 10.0 Å². The molecule has 0 bridgehead atoms. The molecule has 1 aliphatic rings. The van der Waals surface area contributed by atoms with Crippen molar-refractivity contribution in [1.29, 1.82) is 0 Å². The number of carboxylic acids is 1. The second-order valence-corrected chi connectivity index (χ2v) is 5.39. The highest BCUT2D eigenvalue weighted by molar-refractivity contribution is 8.12. The zero-order valence-electron chi connectivity index (χ0n) is 7.19. The van der Waals surface area contributed by atoms with Gasteiger partial charge in [0, 0.05) is 0 Å². The first-order valence-electron chi connectivity index (χ1n) is 3.41. The van der Waals surface area contributed by atoms with Crippen LogP contribution in [0.1, 0.15) is 0 Å². The Labute approximate surface area is 96.0 Å². The summed E-state index contributed by atoms with van der Waals surface area (Å²) in [5.41, 5.74) is 0. The number of rotatable bonds is 3. The minimum atomic E-state index is -4.43. The highest BCUT2D eigenvalue weighted by Gasteiger charge is 2.40. The highest BCUT2D eigenvalue weighted by Crippen LogP contribution is 2.27. The van der Waals surface area contributed by atoms with Gasteiger partial charge in [0.25, 0.3) is 10.1 Å². The van der Waals surface area contributed by atoms with Crippen LogP contribution in [0.25, 0.3) is 0 Å². The molecule has 0 saturated carbocycles. The van der Waals surface area contributed by atoms with Gasteiger partial charge in [-0.1, -0.05) is 0 Å². The van der Waals surface area contributed by atoms with Crippen LogP contribution in [0.3, 0.4) is 0 Å². The first-order chi connectivity index (χ1) is 6.32. The zero-order valence-corrected chi connectivity index (χ0v) is 9.64. The van der Waals surface area contributed by atoms with E-state index in [1.807, 2.05) is 0 Å². The van der Waals surface area contributed by atoms with E-state index in [1.54, 1.807) is 0 Å². The van der Waals surface area contributed by atoms with Crippen LogP contribution in [0, 0.1) is 0 Å². The number of halogens is 1. The minimum absolute atomic E-state index is 0. The van der Waals surface area contributed by atoms with E-state index in [2.05, 4.69) is 0 Å². The monoisotopic (exact) mass is 277 g/mol. The number of amides is 1. The molecular formula is C5H8ClNO6S2. The summed E-state index contributed by atoms with van der Waals surface area (Å²) in [6, 6.07) is 0. The topological polar surface area (TPSA) is 112 Å². The minimum Gasteiger partial charge on any atom is -0.480 e. The summed E-state index contributed by atoms with van der Waals surface area (Å²) in [4.78, 5) is 21.9. The molecule has 15 heavy (non-hydrogen) atoms. The van der Waals surface area contributed by atoms with Crippen LogP contribution in [0.5, 0.6) is 0 Å². The maximum Gasteiger partial charge on any atom is 0.323 e. The van der Waals surface area contributed by atoms with Crippen molar-refractivity contribution in [3.8, 4) is 0 Å². The fraction of sp³-hybridized carbons (Fsp3) is 0.600. The maximum atomic E-state index is 11.0. The van der Waals surface area contributed by atoms with E-state index >= 15 is 0 Å². The quantitative estimate of drug-likeness (QED) is 0.652. The largest absolute Gasteiger partial charge is 0.480 e. The predicted octanol–water partition coefficient (Wildman–Crippen LogP) is -0.760. The second kappa shape index (κ2) is 5.01. The average Bonchev–Trinajstić information content (AvgIpc) is 2.30. The molecule has 1 saturated heterocycles. The highest BCUT2D eigenvalue weighted by atomic mass is 35.5. The summed E-state index contributed by atoms with van der Waals surface area (Å²) in [5.74, 6) is -2.08. The average molecular weight is 278 g/mol. The molecule has 0 radical (unpaired) electrons. The van der Waals surface area contributed by atoms with E-state index < -0.39 is 33.2 Å². The first-order valence-corrected chi connectivity index (χ1v) is 5.96. The lowest BCUT2D eigenvalue weighted by atomic mass is 10.5. The van der Waals surface area contributed by atoms with Crippen LogP contribution in [0.4, 0.5) is 0 Å². The van der Waals surface area contributed by atoms with E-state index in [0.29, 0.717) is 16.7 Å². The zero-order chi connectivity index (χ0) is 10.9. The van der Waals surface area contributed by atoms with Crippen molar-refractivity contribution >= 4 is 46.2 Å². The third kappa shape index (κ3) is 3.52. The Balaban J connectivity index is 0.00000196. The maximum absolute atomic E-state index is 11.0. The number of thioether (sulfide) groups is 1. The molecule has 10 heteroatoms. The fourth-order valence-corrected chi connectivity index (χ4v) is 3.22. The normalized spacial score (nSPS) is 21.3. The Morgan fingerprint density at radius 3 is 2.53 bits per heavy atom. The number of hydrogen-bond acceptors (Lipinski definition) is 5. The third-order valence-corrected chi connectivity index (χ3v) is 4.34. The van der Waals surface area contributed by atoms with Gasteiger partial charge in [-0.15, -0.1) is 24.2 Å². The molecule has 1 unspecified atom stereocenters. The number of carbonyl (C=O) groups is 2. The lowest BCUT2D eigenvalue weighted by Crippen LogP contribution is -2.40. The first kappa shape index (κ1) is 14.5. The summed E-state index contributed by atoms with van der Waals surface area (Å²) in [6.07, 6.45) is 0. The molecule has 0 aliphatic carbocycles. The van der Waals surface area contributed by atoms with Crippen LogP contribution < -0.4 is 0 Å². The molecule has 0 aromatic rings.